The van der Waals surface area contributed by atoms with Gasteiger partial charge in [-0.25, -0.2) is 0 Å². The molecule has 0 aliphatic heterocycles. The van der Waals surface area contributed by atoms with E-state index in [1.165, 1.54) is 13.8 Å². The fourth-order valence-electron chi connectivity index (χ4n) is 1.91. The first-order chi connectivity index (χ1) is 9.89. The molecule has 0 aliphatic carbocycles. The average Bonchev–Trinajstić information content (AvgIpc) is 2.36. The first-order valence-corrected chi connectivity index (χ1v) is 6.06. The molecule has 1 rings (SSSR count). The van der Waals surface area contributed by atoms with Crippen molar-refractivity contribution in [1.82, 2.24) is 0 Å². The number of ketones is 1. The normalized spacial score (nSPS) is 12.3. The van der Waals surface area contributed by atoms with Crippen LogP contribution >= 0.6 is 0 Å². The summed E-state index contributed by atoms with van der Waals surface area (Å²) in [5.74, 6) is -7.04. The summed E-state index contributed by atoms with van der Waals surface area (Å²) in [6, 6.07) is 3.56. The van der Waals surface area contributed by atoms with Crippen molar-refractivity contribution in [2.24, 2.45) is 5.92 Å². The van der Waals surface area contributed by atoms with Gasteiger partial charge in [-0.05, 0) is 31.5 Å². The third-order valence-electron chi connectivity index (χ3n) is 3.31. The van der Waals surface area contributed by atoms with Crippen LogP contribution in [0.4, 0.5) is 13.2 Å². The van der Waals surface area contributed by atoms with E-state index >= 15 is 0 Å². The molecule has 0 radical (unpaired) electrons. The molecule has 120 valence electrons. The van der Waals surface area contributed by atoms with Crippen molar-refractivity contribution in [3.63, 3.8) is 0 Å². The van der Waals surface area contributed by atoms with Crippen molar-refractivity contribution < 1.29 is 37.8 Å². The van der Waals surface area contributed by atoms with Gasteiger partial charge in [0.25, 0.3) is 0 Å². The minimum Gasteiger partial charge on any atom is -0.480 e. The van der Waals surface area contributed by atoms with Crippen molar-refractivity contribution in [3.8, 4) is 0 Å². The Morgan fingerprint density at radius 1 is 0.909 bits per heavy atom. The maximum Gasteiger partial charge on any atom is 0.416 e. The number of halogens is 3. The number of hydrogen-bond donors (Lipinski definition) is 2. The van der Waals surface area contributed by atoms with Gasteiger partial charge in [0.2, 0.25) is 5.92 Å². The number of benzene rings is 1. The van der Waals surface area contributed by atoms with Crippen molar-refractivity contribution in [1.29, 1.82) is 0 Å². The lowest BCUT2D eigenvalue weighted by atomic mass is 9.75. The summed E-state index contributed by atoms with van der Waals surface area (Å²) in [5, 5.41) is 17.6. The van der Waals surface area contributed by atoms with E-state index in [4.69, 9.17) is 10.2 Å². The number of carbonyl (C=O) groups is 3. The standard InChI is InChI=1S/C14H13F3O5/c1-13(2,10(18)9(11(19)20)12(21)22)7-3-5-8(6-4-7)14(15,16)17/h3-6,9H,1-2H3,(H,19,20)(H,21,22). The predicted octanol–water partition coefficient (Wildman–Crippen LogP) is 2.34. The molecule has 0 bridgehead atoms. The fraction of sp³-hybridized carbons (Fsp3) is 0.357. The Hall–Kier alpha value is -2.38. The van der Waals surface area contributed by atoms with Crippen LogP contribution in [0.2, 0.25) is 0 Å². The monoisotopic (exact) mass is 318 g/mol. The molecule has 5 nitrogen and oxygen atoms in total. The number of carboxylic acid groups (broad SMARTS) is 2. The zero-order valence-electron chi connectivity index (χ0n) is 11.6. The highest BCUT2D eigenvalue weighted by molar-refractivity contribution is 6.17. The molecule has 0 saturated heterocycles. The van der Waals surface area contributed by atoms with Crippen LogP contribution in [0.25, 0.3) is 0 Å². The largest absolute Gasteiger partial charge is 0.480 e. The number of carbonyl (C=O) groups excluding carboxylic acids is 1. The molecule has 22 heavy (non-hydrogen) atoms. The lowest BCUT2D eigenvalue weighted by Crippen LogP contribution is -2.42. The van der Waals surface area contributed by atoms with Gasteiger partial charge >= 0.3 is 18.1 Å². The van der Waals surface area contributed by atoms with Gasteiger partial charge in [-0.3, -0.25) is 14.4 Å². The number of hydrogen-bond acceptors (Lipinski definition) is 3. The topological polar surface area (TPSA) is 91.7 Å². The maximum absolute atomic E-state index is 12.5. The Kier molecular flexibility index (Phi) is 4.64. The van der Waals surface area contributed by atoms with E-state index in [-0.39, 0.29) is 5.56 Å². The molecule has 0 heterocycles. The van der Waals surface area contributed by atoms with Gasteiger partial charge in [-0.2, -0.15) is 13.2 Å². The van der Waals surface area contributed by atoms with Gasteiger partial charge in [-0.1, -0.05) is 12.1 Å². The molecule has 0 amide bonds. The quantitative estimate of drug-likeness (QED) is 0.813. The van der Waals surface area contributed by atoms with Gasteiger partial charge in [0.05, 0.1) is 5.56 Å². The van der Waals surface area contributed by atoms with Crippen LogP contribution in [0.15, 0.2) is 24.3 Å². The summed E-state index contributed by atoms with van der Waals surface area (Å²) in [4.78, 5) is 33.9. The van der Waals surface area contributed by atoms with Crippen molar-refractivity contribution in [2.75, 3.05) is 0 Å². The average molecular weight is 318 g/mol. The van der Waals surface area contributed by atoms with E-state index in [0.29, 0.717) is 0 Å². The number of Topliss-reactive ketones (excluding diaryl/α,β-unsaturated/α-hetero) is 1. The van der Waals surface area contributed by atoms with E-state index in [9.17, 15) is 27.6 Å². The summed E-state index contributed by atoms with van der Waals surface area (Å²) in [7, 11) is 0. The van der Waals surface area contributed by atoms with Gasteiger partial charge < -0.3 is 10.2 Å². The van der Waals surface area contributed by atoms with Crippen LogP contribution in [-0.2, 0) is 26.0 Å². The summed E-state index contributed by atoms with van der Waals surface area (Å²) < 4.78 is 37.5. The Bertz CT molecular complexity index is 588. The lowest BCUT2D eigenvalue weighted by molar-refractivity contribution is -0.159. The Morgan fingerprint density at radius 3 is 1.59 bits per heavy atom. The highest BCUT2D eigenvalue weighted by atomic mass is 19.4. The molecule has 1 aromatic rings. The van der Waals surface area contributed by atoms with E-state index in [0.717, 1.165) is 24.3 Å². The van der Waals surface area contributed by atoms with Crippen LogP contribution in [0, 0.1) is 5.92 Å². The lowest BCUT2D eigenvalue weighted by Gasteiger charge is -2.26. The van der Waals surface area contributed by atoms with Crippen LogP contribution < -0.4 is 0 Å². The zero-order chi connectivity index (χ0) is 17.3. The first-order valence-electron chi connectivity index (χ1n) is 6.06. The molecule has 0 saturated carbocycles. The summed E-state index contributed by atoms with van der Waals surface area (Å²) in [6.45, 7) is 2.52. The molecule has 0 spiro atoms. The molecule has 8 heteroatoms. The minimum absolute atomic E-state index is 0.0954. The van der Waals surface area contributed by atoms with Gasteiger partial charge in [-0.15, -0.1) is 0 Å². The Balaban J connectivity index is 3.20. The third-order valence-corrected chi connectivity index (χ3v) is 3.31. The molecule has 2 N–H and O–H groups in total. The highest BCUT2D eigenvalue weighted by Crippen LogP contribution is 2.33. The zero-order valence-corrected chi connectivity index (χ0v) is 11.6. The van der Waals surface area contributed by atoms with E-state index in [1.807, 2.05) is 0 Å². The van der Waals surface area contributed by atoms with Crippen molar-refractivity contribution in [2.45, 2.75) is 25.4 Å². The van der Waals surface area contributed by atoms with Crippen LogP contribution in [0.1, 0.15) is 25.0 Å². The molecule has 0 atom stereocenters. The number of rotatable bonds is 5. The van der Waals surface area contributed by atoms with Crippen LogP contribution in [0.3, 0.4) is 0 Å². The number of carboxylic acids is 2. The summed E-state index contributed by atoms with van der Waals surface area (Å²) >= 11 is 0. The Labute approximate surface area is 123 Å². The second-order valence-electron chi connectivity index (χ2n) is 5.17. The van der Waals surface area contributed by atoms with E-state index < -0.39 is 40.8 Å². The smallest absolute Gasteiger partial charge is 0.416 e. The maximum atomic E-state index is 12.5. The summed E-state index contributed by atoms with van der Waals surface area (Å²) in [6.07, 6.45) is -4.54. The molecule has 0 fully saturated rings. The Morgan fingerprint density at radius 2 is 1.27 bits per heavy atom. The van der Waals surface area contributed by atoms with Crippen molar-refractivity contribution in [3.05, 3.63) is 35.4 Å². The molecular formula is C14H13F3O5. The second kappa shape index (κ2) is 5.78. The van der Waals surface area contributed by atoms with Crippen LogP contribution in [0.5, 0.6) is 0 Å². The minimum atomic E-state index is -4.54. The molecule has 0 aromatic heterocycles. The first kappa shape index (κ1) is 17.7. The fourth-order valence-corrected chi connectivity index (χ4v) is 1.91. The number of alkyl halides is 3. The van der Waals surface area contributed by atoms with E-state index in [2.05, 4.69) is 0 Å². The highest BCUT2D eigenvalue weighted by Gasteiger charge is 2.43. The summed E-state index contributed by atoms with van der Waals surface area (Å²) in [5.41, 5.74) is -2.39. The second-order valence-corrected chi connectivity index (χ2v) is 5.17. The molecular weight excluding hydrogens is 305 g/mol. The van der Waals surface area contributed by atoms with E-state index in [1.54, 1.807) is 0 Å². The molecule has 0 unspecified atom stereocenters. The third kappa shape index (κ3) is 3.44. The molecule has 1 aromatic carbocycles. The van der Waals surface area contributed by atoms with Gasteiger partial charge in [0, 0.05) is 5.41 Å². The number of aliphatic carboxylic acids is 2. The van der Waals surface area contributed by atoms with Gasteiger partial charge in [0.15, 0.2) is 5.78 Å². The van der Waals surface area contributed by atoms with Gasteiger partial charge in [0.1, 0.15) is 0 Å². The van der Waals surface area contributed by atoms with Crippen LogP contribution in [-0.4, -0.2) is 27.9 Å². The van der Waals surface area contributed by atoms with Crippen molar-refractivity contribution >= 4 is 17.7 Å². The SMILES string of the molecule is CC(C)(C(=O)C(C(=O)O)C(=O)O)c1ccc(C(F)(F)F)cc1. The predicted molar refractivity (Wildman–Crippen MR) is 68.2 cm³/mol. The molecule has 0 aliphatic rings.